The van der Waals surface area contributed by atoms with Crippen molar-refractivity contribution in [3.8, 4) is 0 Å². The van der Waals surface area contributed by atoms with Crippen molar-refractivity contribution in [3.05, 3.63) is 23.8 Å². The Morgan fingerprint density at radius 3 is 2.59 bits per heavy atom. The summed E-state index contributed by atoms with van der Waals surface area (Å²) in [6.45, 7) is 11.3. The largest absolute Gasteiger partial charge is 0.250 e. The van der Waals surface area contributed by atoms with Crippen LogP contribution in [0.2, 0.25) is 0 Å². The van der Waals surface area contributed by atoms with Gasteiger partial charge >= 0.3 is 0 Å². The molecule has 0 aliphatic heterocycles. The van der Waals surface area contributed by atoms with Crippen LogP contribution in [0.4, 0.5) is 0 Å². The fourth-order valence-electron chi connectivity index (χ4n) is 2.07. The summed E-state index contributed by atoms with van der Waals surface area (Å²) in [6.07, 6.45) is 3.10. The summed E-state index contributed by atoms with van der Waals surface area (Å²) in [7, 11) is -0.313. The van der Waals surface area contributed by atoms with Crippen molar-refractivity contribution in [1.82, 2.24) is 9.97 Å². The van der Waals surface area contributed by atoms with Crippen LogP contribution in [-0.4, -0.2) is 9.97 Å². The van der Waals surface area contributed by atoms with Crippen molar-refractivity contribution in [2.24, 2.45) is 5.92 Å². The molecule has 17 heavy (non-hydrogen) atoms. The van der Waals surface area contributed by atoms with Gasteiger partial charge in [0.25, 0.3) is 0 Å². The van der Waals surface area contributed by atoms with Crippen molar-refractivity contribution in [2.45, 2.75) is 46.2 Å². The van der Waals surface area contributed by atoms with Gasteiger partial charge in [-0.3, -0.25) is 4.98 Å². The van der Waals surface area contributed by atoms with E-state index >= 15 is 0 Å². The predicted octanol–water partition coefficient (Wildman–Crippen LogP) is 4.57. The minimum Gasteiger partial charge on any atom is -0.250 e. The van der Waals surface area contributed by atoms with Crippen molar-refractivity contribution >= 4 is 18.3 Å². The Morgan fingerprint density at radius 1 is 1.29 bits per heavy atom. The molecule has 0 spiro atoms. The Bertz CT molecular complexity index is 520. The van der Waals surface area contributed by atoms with Crippen LogP contribution < -0.4 is 0 Å². The SMILES string of the molecule is CC(C)Cp1c(C(C)(C)C)nc2cccnc21. The number of aromatic nitrogens is 2. The number of hydrogen-bond acceptors (Lipinski definition) is 2. The lowest BCUT2D eigenvalue weighted by atomic mass is 9.98. The van der Waals surface area contributed by atoms with Gasteiger partial charge in [-0.1, -0.05) is 42.2 Å². The molecule has 0 N–H and O–H groups in total. The normalized spacial score (nSPS) is 13.6. The molecule has 1 atom stereocenters. The van der Waals surface area contributed by atoms with Gasteiger partial charge in [0.05, 0.1) is 10.9 Å². The zero-order valence-electron chi connectivity index (χ0n) is 11.4. The monoisotopic (exact) mass is 248 g/mol. The van der Waals surface area contributed by atoms with Crippen LogP contribution in [-0.2, 0) is 11.6 Å². The van der Waals surface area contributed by atoms with Gasteiger partial charge in [-0.25, -0.2) is 4.98 Å². The maximum absolute atomic E-state index is 4.84. The van der Waals surface area contributed by atoms with Crippen LogP contribution >= 0.6 is 7.53 Å². The summed E-state index contributed by atoms with van der Waals surface area (Å²) < 4.78 is 0. The highest BCUT2D eigenvalue weighted by Crippen LogP contribution is 2.48. The molecule has 0 saturated carbocycles. The molecular formula is C14H21N2P. The van der Waals surface area contributed by atoms with Gasteiger partial charge in [-0.15, -0.1) is 0 Å². The molecule has 3 heteroatoms. The lowest BCUT2D eigenvalue weighted by molar-refractivity contribution is 0.584. The standard InChI is InChI=1S/C14H21N2P/c1-10(2)9-17-12-11(7-6-8-15-12)16-13(17)14(3,4)5/h6-8,10H,9H2,1-5H3. The Kier molecular flexibility index (Phi) is 3.27. The molecule has 2 rings (SSSR count). The van der Waals surface area contributed by atoms with Crippen molar-refractivity contribution in [3.63, 3.8) is 0 Å². The van der Waals surface area contributed by atoms with E-state index < -0.39 is 0 Å². The maximum atomic E-state index is 4.84. The number of nitrogens with zero attached hydrogens (tertiary/aromatic N) is 2. The molecule has 0 saturated heterocycles. The molecule has 2 heterocycles. The van der Waals surface area contributed by atoms with E-state index in [4.69, 9.17) is 4.98 Å². The Labute approximate surface area is 105 Å². The second kappa shape index (κ2) is 4.42. The molecular weight excluding hydrogens is 227 g/mol. The number of rotatable bonds is 2. The zero-order chi connectivity index (χ0) is 12.6. The summed E-state index contributed by atoms with van der Waals surface area (Å²) in [5.74, 6) is 0.696. The molecule has 0 bridgehead atoms. The molecule has 0 aromatic carbocycles. The van der Waals surface area contributed by atoms with E-state index in [0.717, 1.165) is 5.52 Å². The third-order valence-electron chi connectivity index (χ3n) is 2.72. The Balaban J connectivity index is 2.65. The highest BCUT2D eigenvalue weighted by Gasteiger charge is 2.24. The zero-order valence-corrected chi connectivity index (χ0v) is 12.3. The van der Waals surface area contributed by atoms with Crippen molar-refractivity contribution in [2.75, 3.05) is 0 Å². The van der Waals surface area contributed by atoms with Crippen LogP contribution in [0, 0.1) is 5.92 Å². The molecule has 0 aliphatic carbocycles. The van der Waals surface area contributed by atoms with E-state index in [1.165, 1.54) is 16.8 Å². The smallest absolute Gasteiger partial charge is 0.109 e. The first-order valence-corrected chi connectivity index (χ1v) is 7.74. The van der Waals surface area contributed by atoms with E-state index in [-0.39, 0.29) is 12.9 Å². The van der Waals surface area contributed by atoms with Crippen LogP contribution in [0.3, 0.4) is 0 Å². The Hall–Kier alpha value is -0.880. The van der Waals surface area contributed by atoms with Gasteiger partial charge in [0.15, 0.2) is 0 Å². The first kappa shape index (κ1) is 12.6. The molecule has 2 aromatic rings. The summed E-state index contributed by atoms with van der Waals surface area (Å²) in [6, 6.07) is 4.08. The van der Waals surface area contributed by atoms with Gasteiger partial charge in [0, 0.05) is 11.6 Å². The Morgan fingerprint density at radius 2 is 2.00 bits per heavy atom. The second-order valence-electron chi connectivity index (χ2n) is 6.04. The van der Waals surface area contributed by atoms with E-state index in [9.17, 15) is 0 Å². The third kappa shape index (κ3) is 2.52. The minimum absolute atomic E-state index is 0.154. The van der Waals surface area contributed by atoms with Gasteiger partial charge in [0.2, 0.25) is 0 Å². The number of pyridine rings is 1. The van der Waals surface area contributed by atoms with Gasteiger partial charge < -0.3 is 0 Å². The van der Waals surface area contributed by atoms with E-state index in [1.54, 1.807) is 0 Å². The number of hydrogen-bond donors (Lipinski definition) is 0. The van der Waals surface area contributed by atoms with Crippen molar-refractivity contribution < 1.29 is 0 Å². The van der Waals surface area contributed by atoms with E-state index in [0.29, 0.717) is 5.92 Å². The third-order valence-corrected chi connectivity index (χ3v) is 5.96. The molecule has 0 amide bonds. The average molecular weight is 248 g/mol. The summed E-state index contributed by atoms with van der Waals surface area (Å²) >= 11 is 0. The van der Waals surface area contributed by atoms with Gasteiger partial charge in [0.1, 0.15) is 5.25 Å². The lowest BCUT2D eigenvalue weighted by Crippen LogP contribution is -2.11. The van der Waals surface area contributed by atoms with Crippen LogP contribution in [0.25, 0.3) is 10.8 Å². The fraction of sp³-hybridized carbons (Fsp3) is 0.571. The minimum atomic E-state index is -0.313. The highest BCUT2D eigenvalue weighted by atomic mass is 31.1. The summed E-state index contributed by atoms with van der Waals surface area (Å²) in [5.41, 5.74) is 2.61. The lowest BCUT2D eigenvalue weighted by Gasteiger charge is -2.19. The van der Waals surface area contributed by atoms with E-state index in [1.807, 2.05) is 12.3 Å². The summed E-state index contributed by atoms with van der Waals surface area (Å²) in [4.78, 5) is 9.41. The van der Waals surface area contributed by atoms with Crippen molar-refractivity contribution in [1.29, 1.82) is 0 Å². The predicted molar refractivity (Wildman–Crippen MR) is 75.8 cm³/mol. The first-order chi connectivity index (χ1) is 7.89. The first-order valence-electron chi connectivity index (χ1n) is 6.21. The fourth-order valence-corrected chi connectivity index (χ4v) is 4.99. The molecule has 92 valence electrons. The van der Waals surface area contributed by atoms with Gasteiger partial charge in [-0.05, 0) is 24.2 Å². The average Bonchev–Trinajstić information content (AvgIpc) is 2.56. The van der Waals surface area contributed by atoms with Crippen LogP contribution in [0.5, 0.6) is 0 Å². The molecule has 0 radical (unpaired) electrons. The maximum Gasteiger partial charge on any atom is 0.109 e. The summed E-state index contributed by atoms with van der Waals surface area (Å²) in [5, 5.41) is 1.24. The highest BCUT2D eigenvalue weighted by molar-refractivity contribution is 7.55. The molecule has 2 aromatic heterocycles. The topological polar surface area (TPSA) is 25.8 Å². The van der Waals surface area contributed by atoms with E-state index in [2.05, 4.69) is 45.7 Å². The van der Waals surface area contributed by atoms with Crippen LogP contribution in [0.1, 0.15) is 40.0 Å². The molecule has 0 fully saturated rings. The second-order valence-corrected chi connectivity index (χ2v) is 8.10. The molecule has 2 nitrogen and oxygen atoms in total. The number of fused-ring (bicyclic) bond motifs is 1. The van der Waals surface area contributed by atoms with Crippen LogP contribution in [0.15, 0.2) is 18.3 Å². The molecule has 1 unspecified atom stereocenters. The van der Waals surface area contributed by atoms with Gasteiger partial charge in [-0.2, -0.15) is 0 Å². The molecule has 0 aliphatic rings. The quantitative estimate of drug-likeness (QED) is 0.778.